The number of aromatic nitrogens is 2. The number of nitrogen functional groups attached to an aromatic ring is 1. The number of carboxylic acid groups (broad SMARTS) is 1. The fourth-order valence-electron chi connectivity index (χ4n) is 3.85. The monoisotopic (exact) mass is 318 g/mol. The van der Waals surface area contributed by atoms with Crippen molar-refractivity contribution >= 4 is 17.8 Å². The van der Waals surface area contributed by atoms with Gasteiger partial charge in [-0.1, -0.05) is 0 Å². The molecule has 7 nitrogen and oxygen atoms in total. The van der Waals surface area contributed by atoms with Crippen LogP contribution < -0.4 is 5.73 Å². The standard InChI is InChI=1S/C16H22N4O3/c17-15-18-9-11-5-7-16(14(11)19-15)6-2-8-20(10-16)12(21)3-1-4-13(22)23/h9H,1-8,10H2,(H,22,23)(H2,17,18,19). The number of anilines is 1. The van der Waals surface area contributed by atoms with Crippen LogP contribution in [0.4, 0.5) is 5.95 Å². The van der Waals surface area contributed by atoms with Gasteiger partial charge < -0.3 is 15.7 Å². The molecule has 3 rings (SSSR count). The van der Waals surface area contributed by atoms with Gasteiger partial charge in [0.05, 0.1) is 5.69 Å². The summed E-state index contributed by atoms with van der Waals surface area (Å²) < 4.78 is 0. The first kappa shape index (κ1) is 15.7. The summed E-state index contributed by atoms with van der Waals surface area (Å²) in [6, 6.07) is 0. The molecule has 1 saturated heterocycles. The molecule has 1 aliphatic carbocycles. The van der Waals surface area contributed by atoms with E-state index in [1.165, 1.54) is 0 Å². The number of piperidine rings is 1. The normalized spacial score (nSPS) is 23.0. The molecule has 124 valence electrons. The maximum Gasteiger partial charge on any atom is 0.303 e. The van der Waals surface area contributed by atoms with Crippen molar-refractivity contribution in [3.05, 3.63) is 17.5 Å². The second kappa shape index (κ2) is 6.14. The molecule has 1 unspecified atom stereocenters. The number of fused-ring (bicyclic) bond motifs is 2. The van der Waals surface area contributed by atoms with E-state index in [1.807, 2.05) is 4.90 Å². The minimum atomic E-state index is -0.857. The molecule has 23 heavy (non-hydrogen) atoms. The molecular weight excluding hydrogens is 296 g/mol. The Kier molecular flexibility index (Phi) is 4.19. The van der Waals surface area contributed by atoms with Crippen molar-refractivity contribution in [3.63, 3.8) is 0 Å². The summed E-state index contributed by atoms with van der Waals surface area (Å²) in [7, 11) is 0. The minimum absolute atomic E-state index is 0.0390. The number of hydrogen-bond acceptors (Lipinski definition) is 5. The van der Waals surface area contributed by atoms with Crippen LogP contribution in [0, 0.1) is 0 Å². The molecule has 1 aliphatic heterocycles. The number of carbonyl (C=O) groups is 2. The molecule has 7 heteroatoms. The predicted octanol–water partition coefficient (Wildman–Crippen LogP) is 1.12. The molecule has 1 atom stereocenters. The molecule has 1 fully saturated rings. The fourth-order valence-corrected chi connectivity index (χ4v) is 3.85. The van der Waals surface area contributed by atoms with Crippen molar-refractivity contribution in [2.45, 2.75) is 50.4 Å². The lowest BCUT2D eigenvalue weighted by molar-refractivity contribution is -0.137. The first-order chi connectivity index (χ1) is 11.0. The van der Waals surface area contributed by atoms with Gasteiger partial charge in [-0.2, -0.15) is 0 Å². The van der Waals surface area contributed by atoms with Gasteiger partial charge in [-0.3, -0.25) is 9.59 Å². The Bertz CT molecular complexity index is 630. The van der Waals surface area contributed by atoms with E-state index < -0.39 is 5.97 Å². The average Bonchev–Trinajstić information content (AvgIpc) is 2.85. The summed E-state index contributed by atoms with van der Waals surface area (Å²) in [4.78, 5) is 33.4. The van der Waals surface area contributed by atoms with Gasteiger partial charge in [0.25, 0.3) is 0 Å². The largest absolute Gasteiger partial charge is 0.481 e. The maximum atomic E-state index is 12.4. The quantitative estimate of drug-likeness (QED) is 0.861. The van der Waals surface area contributed by atoms with Crippen LogP contribution >= 0.6 is 0 Å². The van der Waals surface area contributed by atoms with Gasteiger partial charge in [-0.25, -0.2) is 9.97 Å². The number of aryl methyl sites for hydroxylation is 1. The van der Waals surface area contributed by atoms with Crippen molar-refractivity contribution in [1.82, 2.24) is 14.9 Å². The van der Waals surface area contributed by atoms with Crippen molar-refractivity contribution in [3.8, 4) is 0 Å². The summed E-state index contributed by atoms with van der Waals surface area (Å²) in [5.74, 6) is -0.527. The summed E-state index contributed by atoms with van der Waals surface area (Å²) in [6.07, 6.45) is 6.38. The van der Waals surface area contributed by atoms with Crippen molar-refractivity contribution in [2.75, 3.05) is 18.8 Å². The van der Waals surface area contributed by atoms with Crippen molar-refractivity contribution in [2.24, 2.45) is 0 Å². The van der Waals surface area contributed by atoms with E-state index >= 15 is 0 Å². The number of likely N-dealkylation sites (tertiary alicyclic amines) is 1. The summed E-state index contributed by atoms with van der Waals surface area (Å²) in [5, 5.41) is 8.69. The van der Waals surface area contributed by atoms with Crippen LogP contribution in [-0.2, 0) is 21.4 Å². The lowest BCUT2D eigenvalue weighted by Gasteiger charge is -2.40. The molecule has 2 aliphatic rings. The Hall–Kier alpha value is -2.18. The molecule has 1 aromatic rings. The van der Waals surface area contributed by atoms with Gasteiger partial charge >= 0.3 is 5.97 Å². The van der Waals surface area contributed by atoms with E-state index in [1.54, 1.807) is 6.20 Å². The topological polar surface area (TPSA) is 109 Å². The van der Waals surface area contributed by atoms with Crippen LogP contribution in [-0.4, -0.2) is 44.9 Å². The molecule has 2 heterocycles. The lowest BCUT2D eigenvalue weighted by Crippen LogP contribution is -2.48. The van der Waals surface area contributed by atoms with Crippen molar-refractivity contribution < 1.29 is 14.7 Å². The third-order valence-electron chi connectivity index (χ3n) is 4.97. The highest BCUT2D eigenvalue weighted by Gasteiger charge is 2.44. The Morgan fingerprint density at radius 3 is 2.96 bits per heavy atom. The van der Waals surface area contributed by atoms with Crippen LogP contribution in [0.25, 0.3) is 0 Å². The van der Waals surface area contributed by atoms with Gasteiger partial charge in [0.15, 0.2) is 0 Å². The van der Waals surface area contributed by atoms with Gasteiger partial charge in [0, 0.05) is 37.5 Å². The molecule has 1 aromatic heterocycles. The summed E-state index contributed by atoms with van der Waals surface area (Å²) in [5.41, 5.74) is 7.79. The zero-order valence-electron chi connectivity index (χ0n) is 13.1. The number of aliphatic carboxylic acids is 1. The number of carboxylic acids is 1. The van der Waals surface area contributed by atoms with Crippen LogP contribution in [0.2, 0.25) is 0 Å². The van der Waals surface area contributed by atoms with Crippen LogP contribution in [0.5, 0.6) is 0 Å². The first-order valence-corrected chi connectivity index (χ1v) is 8.12. The number of amides is 1. The Labute approximate surface area is 134 Å². The molecule has 3 N–H and O–H groups in total. The average molecular weight is 318 g/mol. The highest BCUT2D eigenvalue weighted by molar-refractivity contribution is 5.77. The Morgan fingerprint density at radius 2 is 2.17 bits per heavy atom. The van der Waals surface area contributed by atoms with E-state index in [0.717, 1.165) is 43.5 Å². The number of nitrogens with zero attached hydrogens (tertiary/aromatic N) is 3. The third-order valence-corrected chi connectivity index (χ3v) is 4.97. The minimum Gasteiger partial charge on any atom is -0.481 e. The number of rotatable bonds is 4. The molecule has 1 spiro atoms. The predicted molar refractivity (Wildman–Crippen MR) is 83.7 cm³/mol. The number of carbonyl (C=O) groups excluding carboxylic acids is 1. The second-order valence-corrected chi connectivity index (χ2v) is 6.55. The summed E-state index contributed by atoms with van der Waals surface area (Å²) >= 11 is 0. The van der Waals surface area contributed by atoms with E-state index in [2.05, 4.69) is 9.97 Å². The van der Waals surface area contributed by atoms with Gasteiger partial charge in [0.1, 0.15) is 0 Å². The van der Waals surface area contributed by atoms with Crippen LogP contribution in [0.15, 0.2) is 6.20 Å². The summed E-state index contributed by atoms with van der Waals surface area (Å²) in [6.45, 7) is 1.39. The fraction of sp³-hybridized carbons (Fsp3) is 0.625. The smallest absolute Gasteiger partial charge is 0.303 e. The molecule has 0 saturated carbocycles. The Morgan fingerprint density at radius 1 is 1.35 bits per heavy atom. The molecule has 0 aromatic carbocycles. The zero-order valence-corrected chi connectivity index (χ0v) is 13.1. The van der Waals surface area contributed by atoms with E-state index in [4.69, 9.17) is 10.8 Å². The van der Waals surface area contributed by atoms with E-state index in [-0.39, 0.29) is 23.7 Å². The molecular formula is C16H22N4O3. The van der Waals surface area contributed by atoms with Gasteiger partial charge in [-0.15, -0.1) is 0 Å². The zero-order chi connectivity index (χ0) is 16.4. The molecule has 1 amide bonds. The highest BCUT2D eigenvalue weighted by atomic mass is 16.4. The molecule has 0 radical (unpaired) electrons. The van der Waals surface area contributed by atoms with E-state index in [9.17, 15) is 9.59 Å². The van der Waals surface area contributed by atoms with Crippen LogP contribution in [0.1, 0.15) is 49.8 Å². The third kappa shape index (κ3) is 3.13. The van der Waals surface area contributed by atoms with Crippen LogP contribution in [0.3, 0.4) is 0 Å². The lowest BCUT2D eigenvalue weighted by atomic mass is 9.77. The number of hydrogen-bond donors (Lipinski definition) is 2. The second-order valence-electron chi connectivity index (χ2n) is 6.55. The molecule has 0 bridgehead atoms. The SMILES string of the molecule is Nc1ncc2c(n1)C1(CCCN(C(=O)CCCC(=O)O)C1)CC2. The highest BCUT2D eigenvalue weighted by Crippen LogP contribution is 2.44. The van der Waals surface area contributed by atoms with Crippen molar-refractivity contribution in [1.29, 1.82) is 0 Å². The van der Waals surface area contributed by atoms with Gasteiger partial charge in [0.2, 0.25) is 11.9 Å². The van der Waals surface area contributed by atoms with E-state index in [0.29, 0.717) is 19.4 Å². The first-order valence-electron chi connectivity index (χ1n) is 8.12. The Balaban J connectivity index is 1.71. The van der Waals surface area contributed by atoms with Gasteiger partial charge in [-0.05, 0) is 37.7 Å². The number of nitrogens with two attached hydrogens (primary N) is 1. The maximum absolute atomic E-state index is 12.4.